The predicted octanol–water partition coefficient (Wildman–Crippen LogP) is -1.50. The zero-order chi connectivity index (χ0) is 41.4. The van der Waals surface area contributed by atoms with Gasteiger partial charge in [-0.15, -0.1) is 15.3 Å². The number of hydrogen-bond donors (Lipinski definition) is 3. The van der Waals surface area contributed by atoms with Crippen molar-refractivity contribution in [3.63, 3.8) is 0 Å². The smallest absolute Gasteiger partial charge is 0.872 e. The van der Waals surface area contributed by atoms with E-state index in [9.17, 15) is 46.1 Å². The number of carboxylic acid groups (broad SMARTS) is 1. The number of carboxylic acids is 1. The molecule has 7 aromatic carbocycles. The number of fused-ring (bicyclic) bond motifs is 2. The van der Waals surface area contributed by atoms with E-state index in [1.54, 1.807) is 54.6 Å². The van der Waals surface area contributed by atoms with Crippen LogP contribution in [0.4, 0.5) is 39.8 Å². The summed E-state index contributed by atoms with van der Waals surface area (Å²) >= 11 is 0. The number of carbonyl (C=O) groups is 1. The summed E-state index contributed by atoms with van der Waals surface area (Å²) in [6, 6.07) is 30.3. The minimum Gasteiger partial charge on any atom is -0.872 e. The molecule has 0 aromatic heterocycles. The Kier molecular flexibility index (Phi) is 16.3. The number of benzene rings is 7. The van der Waals surface area contributed by atoms with E-state index in [1.165, 1.54) is 12.1 Å². The molecule has 0 bridgehead atoms. The number of azo groups is 3. The Morgan fingerprint density at radius 1 is 0.574 bits per heavy atom. The van der Waals surface area contributed by atoms with Crippen molar-refractivity contribution >= 4 is 87.6 Å². The molecule has 0 unspecified atom stereocenters. The average Bonchev–Trinajstić information content (AvgIpc) is 3.19. The van der Waals surface area contributed by atoms with Crippen LogP contribution in [0, 0.1) is 0 Å². The first-order valence-corrected chi connectivity index (χ1v) is 19.5. The third kappa shape index (κ3) is 11.1. The van der Waals surface area contributed by atoms with Crippen molar-refractivity contribution in [2.75, 3.05) is 5.73 Å². The van der Waals surface area contributed by atoms with Gasteiger partial charge in [0.1, 0.15) is 4.90 Å². The summed E-state index contributed by atoms with van der Waals surface area (Å²) in [5, 5.41) is 61.6. The molecule has 0 saturated heterocycles. The third-order valence-corrected chi connectivity index (χ3v) is 10.4. The number of aromatic carboxylic acids is 1. The molecule has 0 amide bonds. The topological polar surface area (TPSA) is 295 Å². The quantitative estimate of drug-likeness (QED) is 0.0615. The van der Waals surface area contributed by atoms with Crippen LogP contribution in [0.2, 0.25) is 0 Å². The molecular formula is C39H24N7Na3O10S2. The van der Waals surface area contributed by atoms with Crippen molar-refractivity contribution in [1.29, 1.82) is 0 Å². The molecule has 17 nitrogen and oxygen atoms in total. The van der Waals surface area contributed by atoms with Gasteiger partial charge in [-0.25, -0.2) is 0 Å². The molecule has 0 aliphatic carbocycles. The Hall–Kier alpha value is -4.45. The van der Waals surface area contributed by atoms with Crippen molar-refractivity contribution in [3.8, 4) is 22.6 Å². The number of hydrogen-bond acceptors (Lipinski definition) is 15. The zero-order valence-corrected chi connectivity index (χ0v) is 39.9. The number of nitrogens with two attached hydrogens (primary N) is 1. The van der Waals surface area contributed by atoms with E-state index in [0.717, 1.165) is 41.5 Å². The molecule has 0 radical (unpaired) electrons. The summed E-state index contributed by atoms with van der Waals surface area (Å²) in [5.74, 6) is -3.33. The Bertz CT molecular complexity index is 3140. The Morgan fingerprint density at radius 3 is 1.57 bits per heavy atom. The number of nitrogen functional groups attached to an aromatic ring is 1. The predicted molar refractivity (Wildman–Crippen MR) is 206 cm³/mol. The van der Waals surface area contributed by atoms with Gasteiger partial charge in [0.05, 0.1) is 45.0 Å². The maximum Gasteiger partial charge on any atom is 1.00 e. The molecule has 0 aliphatic rings. The maximum absolute atomic E-state index is 13.5. The van der Waals surface area contributed by atoms with E-state index < -0.39 is 58.7 Å². The van der Waals surface area contributed by atoms with Gasteiger partial charge in [-0.3, -0.25) is 9.11 Å². The van der Waals surface area contributed by atoms with Gasteiger partial charge in [0.15, 0.2) is 0 Å². The van der Waals surface area contributed by atoms with Crippen molar-refractivity contribution in [2.45, 2.75) is 9.79 Å². The van der Waals surface area contributed by atoms with Crippen LogP contribution in [0.15, 0.2) is 162 Å². The minimum absolute atomic E-state index is 0. The second kappa shape index (κ2) is 20.2. The van der Waals surface area contributed by atoms with Gasteiger partial charge in [-0.05, 0) is 94.2 Å². The summed E-state index contributed by atoms with van der Waals surface area (Å²) in [6.45, 7) is 0. The van der Waals surface area contributed by atoms with Gasteiger partial charge in [0.25, 0.3) is 20.2 Å². The molecule has 0 spiro atoms. The Labute approximate surface area is 413 Å². The Balaban J connectivity index is 0.00000273. The van der Waals surface area contributed by atoms with Crippen LogP contribution in [0.5, 0.6) is 11.5 Å². The second-order valence-corrected chi connectivity index (χ2v) is 15.2. The second-order valence-electron chi connectivity index (χ2n) is 12.4. The number of nitrogens with zero attached hydrogens (tertiary/aromatic N) is 6. The number of rotatable bonds is 10. The van der Waals surface area contributed by atoms with E-state index in [2.05, 4.69) is 30.7 Å². The Morgan fingerprint density at radius 2 is 1.07 bits per heavy atom. The summed E-state index contributed by atoms with van der Waals surface area (Å²) in [5.41, 5.74) is 7.83. The van der Waals surface area contributed by atoms with Gasteiger partial charge in [-0.2, -0.15) is 32.2 Å². The molecule has 7 aromatic rings. The molecule has 0 aliphatic heterocycles. The molecular weight excluding hydrogens is 860 g/mol. The molecule has 22 heteroatoms. The van der Waals surface area contributed by atoms with E-state index in [1.807, 2.05) is 24.3 Å². The molecule has 0 fully saturated rings. The monoisotopic (exact) mass is 883 g/mol. The van der Waals surface area contributed by atoms with Crippen LogP contribution < -0.4 is 110 Å². The van der Waals surface area contributed by atoms with Gasteiger partial charge in [0.2, 0.25) is 0 Å². The van der Waals surface area contributed by atoms with E-state index >= 15 is 0 Å². The van der Waals surface area contributed by atoms with Crippen molar-refractivity contribution < 1.29 is 135 Å². The van der Waals surface area contributed by atoms with Gasteiger partial charge in [0, 0.05) is 16.5 Å². The van der Waals surface area contributed by atoms with E-state index in [0.29, 0.717) is 27.8 Å². The number of anilines is 1. The summed E-state index contributed by atoms with van der Waals surface area (Å²) < 4.78 is 67.5. The van der Waals surface area contributed by atoms with Crippen molar-refractivity contribution in [2.24, 2.45) is 30.7 Å². The van der Waals surface area contributed by atoms with Crippen LogP contribution in [-0.2, 0) is 20.2 Å². The molecule has 0 heterocycles. The van der Waals surface area contributed by atoms with Crippen LogP contribution in [0.1, 0.15) is 10.4 Å². The molecule has 0 saturated carbocycles. The maximum atomic E-state index is 13.5. The zero-order valence-electron chi connectivity index (χ0n) is 32.3. The molecule has 61 heavy (non-hydrogen) atoms. The molecule has 290 valence electrons. The molecule has 4 N–H and O–H groups in total. The van der Waals surface area contributed by atoms with Crippen LogP contribution in [-0.4, -0.2) is 31.9 Å². The van der Waals surface area contributed by atoms with Gasteiger partial charge in [-0.1, -0.05) is 66.1 Å². The fourth-order valence-corrected chi connectivity index (χ4v) is 7.07. The minimum atomic E-state index is -5.10. The normalized spacial score (nSPS) is 11.8. The van der Waals surface area contributed by atoms with Crippen LogP contribution in [0.3, 0.4) is 0 Å². The fourth-order valence-electron chi connectivity index (χ4n) is 5.87. The standard InChI is InChI=1S/C39H27N7O10S2.3Na/c40-31-20-27(57(51,52)53)17-23-18-35(58(54,55)56)37(38(48)36(23)31)46-45-33-15-14-32(28-3-1-2-4-29(28)33)44-42-25-11-7-22(8-12-25)21-5-9-24(10-6-21)41-43-26-13-16-34(47)30(19-26)39(49)50;;;/h1-20,47-48H,40H2,(H,49,50)(H,51,52,53)(H,54,55,56);;;/q;3*+1/p-3. The molecule has 0 atom stereocenters. The van der Waals surface area contributed by atoms with Crippen LogP contribution in [0.25, 0.3) is 32.7 Å². The largest absolute Gasteiger partial charge is 1.00 e. The van der Waals surface area contributed by atoms with Gasteiger partial charge < -0.3 is 25.8 Å². The summed E-state index contributed by atoms with van der Waals surface area (Å²) in [6.07, 6.45) is 0. The van der Waals surface area contributed by atoms with Crippen molar-refractivity contribution in [1.82, 2.24) is 0 Å². The average molecular weight is 884 g/mol. The first kappa shape index (κ1) is 49.2. The summed E-state index contributed by atoms with van der Waals surface area (Å²) in [4.78, 5) is 9.46. The van der Waals surface area contributed by atoms with E-state index in [4.69, 9.17) is 5.73 Å². The number of carbonyl (C=O) groups excluding carboxylic acids is 1. The van der Waals surface area contributed by atoms with E-state index in [-0.39, 0.29) is 117 Å². The van der Waals surface area contributed by atoms with Crippen LogP contribution >= 0.6 is 0 Å². The molecule has 7 rings (SSSR count). The first-order valence-electron chi connectivity index (χ1n) is 16.6. The first-order chi connectivity index (χ1) is 27.6. The fraction of sp³-hybridized carbons (Fsp3) is 0. The van der Waals surface area contributed by atoms with Crippen molar-refractivity contribution in [3.05, 3.63) is 127 Å². The van der Waals surface area contributed by atoms with Gasteiger partial charge >= 0.3 is 88.7 Å². The SMILES string of the molecule is Nc1cc(S(=O)(=O)O)cc2cc(S(=O)(=O)O)c(N=Nc3ccc(N=Nc4ccc(-c5ccc(N=Nc6ccc([O-])c(C(=O)[O-])c6)cc5)cc4)c4ccccc34)c([O-])c12.[Na+].[Na+].[Na+]. The third-order valence-electron chi connectivity index (χ3n) is 8.65. The summed E-state index contributed by atoms with van der Waals surface area (Å²) in [7, 11) is -9.87.